The molecule has 0 bridgehead atoms. The standard InChI is InChI=1S/C29H32FN3O5/c1-18-14-33(19(2)17-34)28(35)24-12-22(23-9-4-5-10-25(23)30)13-31-27(24)38-26(18)16-32(3)15-20-7-6-8-21(11-20)29(36)37/h4-13,18-19,26,34H,14-17H2,1-3H3,(H,36,37)/t18-,19-,26-/m1/s1. The summed E-state index contributed by atoms with van der Waals surface area (Å²) >= 11 is 0. The summed E-state index contributed by atoms with van der Waals surface area (Å²) in [7, 11) is 1.91. The van der Waals surface area contributed by atoms with Crippen LogP contribution in [0.1, 0.15) is 40.1 Å². The smallest absolute Gasteiger partial charge is 0.335 e. The van der Waals surface area contributed by atoms with E-state index in [1.807, 2.05) is 24.9 Å². The summed E-state index contributed by atoms with van der Waals surface area (Å²) in [6, 6.07) is 14.2. The number of carboxylic acids is 1. The molecule has 0 saturated heterocycles. The monoisotopic (exact) mass is 521 g/mol. The highest BCUT2D eigenvalue weighted by Gasteiger charge is 2.34. The van der Waals surface area contributed by atoms with Crippen molar-refractivity contribution in [2.24, 2.45) is 5.92 Å². The molecule has 0 saturated carbocycles. The molecule has 0 aliphatic carbocycles. The maximum Gasteiger partial charge on any atom is 0.335 e. The van der Waals surface area contributed by atoms with Gasteiger partial charge in [-0.25, -0.2) is 14.2 Å². The van der Waals surface area contributed by atoms with Crippen molar-refractivity contribution in [1.82, 2.24) is 14.8 Å². The fourth-order valence-electron chi connectivity index (χ4n) is 4.65. The first-order chi connectivity index (χ1) is 18.2. The predicted octanol–water partition coefficient (Wildman–Crippen LogP) is 3.94. The number of halogens is 1. The topological polar surface area (TPSA) is 103 Å². The Labute approximate surface area is 221 Å². The lowest BCUT2D eigenvalue weighted by Gasteiger charge is -2.37. The van der Waals surface area contributed by atoms with Crippen molar-refractivity contribution < 1.29 is 28.9 Å². The van der Waals surface area contributed by atoms with Gasteiger partial charge < -0.3 is 19.8 Å². The molecule has 0 spiro atoms. The molecule has 3 atom stereocenters. The van der Waals surface area contributed by atoms with E-state index in [4.69, 9.17) is 4.74 Å². The van der Waals surface area contributed by atoms with Gasteiger partial charge in [0.05, 0.1) is 18.2 Å². The van der Waals surface area contributed by atoms with E-state index in [9.17, 15) is 24.2 Å². The Morgan fingerprint density at radius 1 is 1.21 bits per heavy atom. The lowest BCUT2D eigenvalue weighted by Crippen LogP contribution is -2.49. The SMILES string of the molecule is C[C@@H]1CN([C@H](C)CO)C(=O)c2cc(-c3ccccc3F)cnc2O[C@@H]1CN(C)Cc1cccc(C(=O)O)c1. The first kappa shape index (κ1) is 27.2. The zero-order valence-electron chi connectivity index (χ0n) is 21.7. The van der Waals surface area contributed by atoms with Crippen LogP contribution in [-0.4, -0.2) is 75.8 Å². The highest BCUT2D eigenvalue weighted by atomic mass is 19.1. The largest absolute Gasteiger partial charge is 0.478 e. The second-order valence-corrected chi connectivity index (χ2v) is 9.88. The lowest BCUT2D eigenvalue weighted by atomic mass is 9.99. The van der Waals surface area contributed by atoms with Gasteiger partial charge in [0, 0.05) is 42.9 Å². The number of aliphatic hydroxyl groups excluding tert-OH is 1. The minimum Gasteiger partial charge on any atom is -0.478 e. The van der Waals surface area contributed by atoms with E-state index in [2.05, 4.69) is 4.98 Å². The van der Waals surface area contributed by atoms with Gasteiger partial charge in [-0.15, -0.1) is 0 Å². The molecule has 2 heterocycles. The Balaban J connectivity index is 1.64. The molecule has 0 radical (unpaired) electrons. The summed E-state index contributed by atoms with van der Waals surface area (Å²) in [5.74, 6) is -1.69. The zero-order chi connectivity index (χ0) is 27.4. The molecule has 1 aromatic heterocycles. The van der Waals surface area contributed by atoms with Crippen LogP contribution in [-0.2, 0) is 6.54 Å². The average Bonchev–Trinajstić information content (AvgIpc) is 2.90. The molecule has 0 unspecified atom stereocenters. The second kappa shape index (κ2) is 11.7. The number of carbonyl (C=O) groups is 2. The van der Waals surface area contributed by atoms with E-state index in [0.717, 1.165) is 5.56 Å². The van der Waals surface area contributed by atoms with Crippen molar-refractivity contribution in [3.63, 3.8) is 0 Å². The van der Waals surface area contributed by atoms with Crippen molar-refractivity contribution in [1.29, 1.82) is 0 Å². The third-order valence-corrected chi connectivity index (χ3v) is 6.82. The van der Waals surface area contributed by atoms with Crippen molar-refractivity contribution in [3.8, 4) is 17.0 Å². The zero-order valence-corrected chi connectivity index (χ0v) is 21.7. The third-order valence-electron chi connectivity index (χ3n) is 6.82. The predicted molar refractivity (Wildman–Crippen MR) is 141 cm³/mol. The molecular weight excluding hydrogens is 489 g/mol. The van der Waals surface area contributed by atoms with E-state index in [0.29, 0.717) is 30.8 Å². The summed E-state index contributed by atoms with van der Waals surface area (Å²) in [5.41, 5.74) is 2.07. The van der Waals surface area contributed by atoms with E-state index >= 15 is 0 Å². The lowest BCUT2D eigenvalue weighted by molar-refractivity contribution is 0.0325. The number of hydrogen-bond acceptors (Lipinski definition) is 6. The van der Waals surface area contributed by atoms with Crippen LogP contribution in [0.15, 0.2) is 60.8 Å². The quantitative estimate of drug-likeness (QED) is 0.463. The van der Waals surface area contributed by atoms with Crippen molar-refractivity contribution in [2.45, 2.75) is 32.5 Å². The average molecular weight is 522 g/mol. The van der Waals surface area contributed by atoms with Gasteiger partial charge in [-0.2, -0.15) is 0 Å². The summed E-state index contributed by atoms with van der Waals surface area (Å²) < 4.78 is 20.8. The maximum absolute atomic E-state index is 14.5. The number of carboxylic acid groups (broad SMARTS) is 1. The highest BCUT2D eigenvalue weighted by Crippen LogP contribution is 2.31. The minimum atomic E-state index is -0.980. The first-order valence-corrected chi connectivity index (χ1v) is 12.5. The summed E-state index contributed by atoms with van der Waals surface area (Å²) in [4.78, 5) is 33.0. The number of aromatic carboxylic acids is 1. The molecule has 2 N–H and O–H groups in total. The Morgan fingerprint density at radius 3 is 2.68 bits per heavy atom. The van der Waals surface area contributed by atoms with Crippen molar-refractivity contribution in [2.75, 3.05) is 26.7 Å². The molecule has 1 amide bonds. The molecule has 2 aromatic carbocycles. The Kier molecular flexibility index (Phi) is 8.38. The Bertz CT molecular complexity index is 1320. The molecule has 1 aliphatic rings. The number of hydrogen-bond donors (Lipinski definition) is 2. The van der Waals surface area contributed by atoms with Gasteiger partial charge in [0.1, 0.15) is 17.5 Å². The number of fused-ring (bicyclic) bond motifs is 1. The minimum absolute atomic E-state index is 0.109. The van der Waals surface area contributed by atoms with Crippen LogP contribution >= 0.6 is 0 Å². The summed E-state index contributed by atoms with van der Waals surface area (Å²) in [5, 5.41) is 19.2. The summed E-state index contributed by atoms with van der Waals surface area (Å²) in [6.45, 7) is 4.86. The molecule has 3 aromatic rings. The van der Waals surface area contributed by atoms with Gasteiger partial charge in [0.25, 0.3) is 5.91 Å². The highest BCUT2D eigenvalue weighted by molar-refractivity contribution is 5.98. The van der Waals surface area contributed by atoms with Gasteiger partial charge >= 0.3 is 5.97 Å². The van der Waals surface area contributed by atoms with E-state index in [-0.39, 0.29) is 41.5 Å². The molecular formula is C29H32FN3O5. The van der Waals surface area contributed by atoms with Crippen LogP contribution in [0.4, 0.5) is 4.39 Å². The molecule has 9 heteroatoms. The van der Waals surface area contributed by atoms with E-state index in [1.165, 1.54) is 12.3 Å². The van der Waals surface area contributed by atoms with Crippen LogP contribution in [0.25, 0.3) is 11.1 Å². The molecule has 38 heavy (non-hydrogen) atoms. The number of likely N-dealkylation sites (N-methyl/N-ethyl adjacent to an activating group) is 1. The molecule has 4 rings (SSSR count). The second-order valence-electron chi connectivity index (χ2n) is 9.88. The Morgan fingerprint density at radius 2 is 1.97 bits per heavy atom. The normalized spacial score (nSPS) is 18.4. The van der Waals surface area contributed by atoms with Crippen LogP contribution in [0.3, 0.4) is 0 Å². The fourth-order valence-corrected chi connectivity index (χ4v) is 4.65. The number of carbonyl (C=O) groups excluding carboxylic acids is 1. The van der Waals surface area contributed by atoms with Gasteiger partial charge in [0.2, 0.25) is 5.88 Å². The Hall–Kier alpha value is -3.82. The van der Waals surface area contributed by atoms with Gasteiger partial charge in [-0.05, 0) is 43.8 Å². The number of aromatic nitrogens is 1. The molecule has 200 valence electrons. The van der Waals surface area contributed by atoms with Crippen LogP contribution < -0.4 is 4.74 Å². The fraction of sp³-hybridized carbons (Fsp3) is 0.345. The third kappa shape index (κ3) is 6.00. The molecule has 0 fully saturated rings. The maximum atomic E-state index is 14.5. The van der Waals surface area contributed by atoms with Crippen LogP contribution in [0.2, 0.25) is 0 Å². The number of benzene rings is 2. The van der Waals surface area contributed by atoms with E-state index in [1.54, 1.807) is 54.3 Å². The number of ether oxygens (including phenoxy) is 1. The van der Waals surface area contributed by atoms with Crippen molar-refractivity contribution in [3.05, 3.63) is 83.3 Å². The summed E-state index contributed by atoms with van der Waals surface area (Å²) in [6.07, 6.45) is 1.13. The van der Waals surface area contributed by atoms with Gasteiger partial charge in [0.15, 0.2) is 0 Å². The van der Waals surface area contributed by atoms with Gasteiger partial charge in [-0.1, -0.05) is 37.3 Å². The number of aliphatic hydroxyl groups is 1. The first-order valence-electron chi connectivity index (χ1n) is 12.5. The van der Waals surface area contributed by atoms with Crippen LogP contribution in [0.5, 0.6) is 5.88 Å². The number of amides is 1. The molecule has 8 nitrogen and oxygen atoms in total. The number of rotatable bonds is 8. The van der Waals surface area contributed by atoms with E-state index < -0.39 is 17.8 Å². The van der Waals surface area contributed by atoms with Crippen LogP contribution in [0, 0.1) is 11.7 Å². The number of pyridine rings is 1. The number of nitrogens with zero attached hydrogens (tertiary/aromatic N) is 3. The molecule has 1 aliphatic heterocycles. The van der Waals surface area contributed by atoms with Crippen molar-refractivity contribution >= 4 is 11.9 Å². The van der Waals surface area contributed by atoms with Gasteiger partial charge in [-0.3, -0.25) is 9.69 Å².